The lowest BCUT2D eigenvalue weighted by Crippen LogP contribution is -2.42. The standard InChI is InChI=1S/C24H25BrN2O3S/c1-19(21-11-8-12-22(25)17-21)26-24(28)18-27(16-15-20-9-4-2-5-10-20)31(29,30)23-13-6-3-7-14-23/h2-14,17,19H,15-16,18H2,1H3,(H,26,28). The molecular weight excluding hydrogens is 476 g/mol. The number of carbonyl (C=O) groups excluding carboxylic acids is 1. The van der Waals surface area contributed by atoms with Gasteiger partial charge in [-0.25, -0.2) is 8.42 Å². The van der Waals surface area contributed by atoms with Crippen LogP contribution in [0.2, 0.25) is 0 Å². The molecule has 7 heteroatoms. The van der Waals surface area contributed by atoms with Gasteiger partial charge in [-0.2, -0.15) is 4.31 Å². The number of hydrogen-bond acceptors (Lipinski definition) is 3. The van der Waals surface area contributed by atoms with Crippen molar-refractivity contribution in [1.82, 2.24) is 9.62 Å². The number of carbonyl (C=O) groups is 1. The van der Waals surface area contributed by atoms with Crippen molar-refractivity contribution in [2.45, 2.75) is 24.3 Å². The first-order chi connectivity index (χ1) is 14.9. The monoisotopic (exact) mass is 500 g/mol. The number of nitrogens with one attached hydrogen (secondary N) is 1. The topological polar surface area (TPSA) is 66.5 Å². The minimum Gasteiger partial charge on any atom is -0.348 e. The Labute approximate surface area is 192 Å². The normalized spacial score (nSPS) is 12.5. The van der Waals surface area contributed by atoms with E-state index in [0.29, 0.717) is 6.42 Å². The molecule has 1 N–H and O–H groups in total. The Hall–Kier alpha value is -2.48. The smallest absolute Gasteiger partial charge is 0.243 e. The lowest BCUT2D eigenvalue weighted by molar-refractivity contribution is -0.121. The van der Waals surface area contributed by atoms with Crippen molar-refractivity contribution in [3.63, 3.8) is 0 Å². The van der Waals surface area contributed by atoms with Gasteiger partial charge in [-0.15, -0.1) is 0 Å². The third kappa shape index (κ3) is 6.50. The van der Waals surface area contributed by atoms with Crippen LogP contribution in [0.4, 0.5) is 0 Å². The van der Waals surface area contributed by atoms with E-state index in [-0.39, 0.29) is 29.9 Å². The Balaban J connectivity index is 1.76. The molecule has 0 aliphatic rings. The maximum Gasteiger partial charge on any atom is 0.243 e. The van der Waals surface area contributed by atoms with Gasteiger partial charge in [0.05, 0.1) is 17.5 Å². The summed E-state index contributed by atoms with van der Waals surface area (Å²) in [6.45, 7) is 1.84. The van der Waals surface area contributed by atoms with Crippen molar-refractivity contribution in [3.8, 4) is 0 Å². The third-order valence-corrected chi connectivity index (χ3v) is 7.27. The van der Waals surface area contributed by atoms with E-state index in [1.165, 1.54) is 4.31 Å². The summed E-state index contributed by atoms with van der Waals surface area (Å²) in [5.41, 5.74) is 1.95. The highest BCUT2D eigenvalue weighted by atomic mass is 79.9. The van der Waals surface area contributed by atoms with E-state index in [1.54, 1.807) is 30.3 Å². The van der Waals surface area contributed by atoms with Crippen LogP contribution in [0, 0.1) is 0 Å². The Morgan fingerprint density at radius 2 is 1.61 bits per heavy atom. The summed E-state index contributed by atoms with van der Waals surface area (Å²) in [4.78, 5) is 13.0. The molecule has 1 amide bonds. The zero-order valence-electron chi connectivity index (χ0n) is 17.2. The van der Waals surface area contributed by atoms with E-state index in [9.17, 15) is 13.2 Å². The van der Waals surface area contributed by atoms with Crippen molar-refractivity contribution in [1.29, 1.82) is 0 Å². The highest BCUT2D eigenvalue weighted by Crippen LogP contribution is 2.19. The summed E-state index contributed by atoms with van der Waals surface area (Å²) in [7, 11) is -3.81. The highest BCUT2D eigenvalue weighted by molar-refractivity contribution is 9.10. The van der Waals surface area contributed by atoms with E-state index in [1.807, 2.05) is 61.5 Å². The molecule has 0 saturated heterocycles. The molecule has 1 unspecified atom stereocenters. The molecule has 5 nitrogen and oxygen atoms in total. The number of amides is 1. The molecule has 0 radical (unpaired) electrons. The van der Waals surface area contributed by atoms with E-state index >= 15 is 0 Å². The summed E-state index contributed by atoms with van der Waals surface area (Å²) in [6, 6.07) is 25.3. The van der Waals surface area contributed by atoms with Crippen LogP contribution in [0.5, 0.6) is 0 Å². The molecule has 3 rings (SSSR count). The minimum atomic E-state index is -3.81. The van der Waals surface area contributed by atoms with Gasteiger partial charge in [-0.1, -0.05) is 76.6 Å². The Morgan fingerprint density at radius 3 is 2.26 bits per heavy atom. The summed E-state index contributed by atoms with van der Waals surface area (Å²) in [5, 5.41) is 2.91. The van der Waals surface area contributed by atoms with Crippen molar-refractivity contribution < 1.29 is 13.2 Å². The largest absolute Gasteiger partial charge is 0.348 e. The fourth-order valence-corrected chi connectivity index (χ4v) is 5.07. The number of rotatable bonds is 9. The van der Waals surface area contributed by atoms with Gasteiger partial charge in [0, 0.05) is 11.0 Å². The van der Waals surface area contributed by atoms with Crippen LogP contribution in [0.1, 0.15) is 24.1 Å². The fraction of sp³-hybridized carbons (Fsp3) is 0.208. The third-order valence-electron chi connectivity index (χ3n) is 4.92. The molecule has 3 aromatic rings. The molecule has 0 fully saturated rings. The van der Waals surface area contributed by atoms with Crippen LogP contribution in [0.3, 0.4) is 0 Å². The average Bonchev–Trinajstić information content (AvgIpc) is 2.77. The molecule has 0 aliphatic heterocycles. The molecule has 1 atom stereocenters. The quantitative estimate of drug-likeness (QED) is 0.468. The molecule has 0 spiro atoms. The van der Waals surface area contributed by atoms with Crippen LogP contribution in [0.15, 0.2) is 94.3 Å². The van der Waals surface area contributed by atoms with Gasteiger partial charge in [0.1, 0.15) is 0 Å². The van der Waals surface area contributed by atoms with Gasteiger partial charge in [0.2, 0.25) is 15.9 Å². The predicted molar refractivity (Wildman–Crippen MR) is 126 cm³/mol. The predicted octanol–water partition coefficient (Wildman–Crippen LogP) is 4.56. The first-order valence-electron chi connectivity index (χ1n) is 10.0. The second-order valence-corrected chi connectivity index (χ2v) is 10.1. The molecule has 0 aromatic heterocycles. The Morgan fingerprint density at radius 1 is 0.968 bits per heavy atom. The van der Waals surface area contributed by atoms with Crippen molar-refractivity contribution in [3.05, 3.63) is 101 Å². The van der Waals surface area contributed by atoms with E-state index in [0.717, 1.165) is 15.6 Å². The van der Waals surface area contributed by atoms with Crippen molar-refractivity contribution in [2.24, 2.45) is 0 Å². The van der Waals surface area contributed by atoms with Crippen LogP contribution < -0.4 is 5.32 Å². The average molecular weight is 501 g/mol. The summed E-state index contributed by atoms with van der Waals surface area (Å²) < 4.78 is 28.6. The first-order valence-corrected chi connectivity index (χ1v) is 12.2. The molecular formula is C24H25BrN2O3S. The summed E-state index contributed by atoms with van der Waals surface area (Å²) >= 11 is 3.43. The first kappa shape index (κ1) is 23.2. The van der Waals surface area contributed by atoms with E-state index in [4.69, 9.17) is 0 Å². The molecule has 0 heterocycles. The maximum atomic E-state index is 13.2. The van der Waals surface area contributed by atoms with Crippen LogP contribution in [-0.2, 0) is 21.2 Å². The zero-order valence-corrected chi connectivity index (χ0v) is 19.6. The molecule has 31 heavy (non-hydrogen) atoms. The minimum absolute atomic E-state index is 0.177. The fourth-order valence-electron chi connectivity index (χ4n) is 3.23. The van der Waals surface area contributed by atoms with Crippen LogP contribution in [0.25, 0.3) is 0 Å². The van der Waals surface area contributed by atoms with Gasteiger partial charge in [0.15, 0.2) is 0 Å². The lowest BCUT2D eigenvalue weighted by Gasteiger charge is -2.23. The SMILES string of the molecule is CC(NC(=O)CN(CCc1ccccc1)S(=O)(=O)c1ccccc1)c1cccc(Br)c1. The zero-order chi connectivity index (χ0) is 22.3. The van der Waals surface area contributed by atoms with E-state index < -0.39 is 10.0 Å². The number of benzene rings is 3. The molecule has 0 bridgehead atoms. The van der Waals surface area contributed by atoms with Crippen LogP contribution >= 0.6 is 15.9 Å². The van der Waals surface area contributed by atoms with Gasteiger partial charge >= 0.3 is 0 Å². The second-order valence-electron chi connectivity index (χ2n) is 7.23. The number of nitrogens with zero attached hydrogens (tertiary/aromatic N) is 1. The van der Waals surface area contributed by atoms with Gasteiger partial charge < -0.3 is 5.32 Å². The molecule has 3 aromatic carbocycles. The Bertz CT molecular complexity index is 1110. The second kappa shape index (κ2) is 10.7. The molecule has 0 saturated carbocycles. The number of hydrogen-bond donors (Lipinski definition) is 1. The summed E-state index contributed by atoms with van der Waals surface area (Å²) in [5.74, 6) is -0.347. The van der Waals surface area contributed by atoms with E-state index in [2.05, 4.69) is 21.2 Å². The Kier molecular flexibility index (Phi) is 8.01. The molecule has 162 valence electrons. The van der Waals surface area contributed by atoms with Gasteiger partial charge in [-0.05, 0) is 48.7 Å². The van der Waals surface area contributed by atoms with Gasteiger partial charge in [-0.3, -0.25) is 4.79 Å². The molecule has 0 aliphatic carbocycles. The van der Waals surface area contributed by atoms with Crippen molar-refractivity contribution >= 4 is 31.9 Å². The lowest BCUT2D eigenvalue weighted by atomic mass is 10.1. The maximum absolute atomic E-state index is 13.2. The van der Waals surface area contributed by atoms with Gasteiger partial charge in [0.25, 0.3) is 0 Å². The summed E-state index contributed by atoms with van der Waals surface area (Å²) in [6.07, 6.45) is 0.515. The van der Waals surface area contributed by atoms with Crippen molar-refractivity contribution in [2.75, 3.05) is 13.1 Å². The van der Waals surface area contributed by atoms with Crippen LogP contribution in [-0.4, -0.2) is 31.7 Å². The number of halogens is 1. The number of sulfonamides is 1. The highest BCUT2D eigenvalue weighted by Gasteiger charge is 2.26.